The minimum absolute atomic E-state index is 0.169. The average molecular weight is 360 g/mol. The van der Waals surface area contributed by atoms with E-state index in [-0.39, 0.29) is 5.91 Å². The quantitative estimate of drug-likeness (QED) is 0.847. The van der Waals surface area contributed by atoms with E-state index < -0.39 is 0 Å². The Morgan fingerprint density at radius 2 is 2.04 bits per heavy atom. The van der Waals surface area contributed by atoms with Gasteiger partial charge in [0.2, 0.25) is 5.91 Å². The Bertz CT molecular complexity index is 584. The zero-order chi connectivity index (χ0) is 18.4. The van der Waals surface area contributed by atoms with E-state index >= 15 is 0 Å². The Kier molecular flexibility index (Phi) is 6.92. The third-order valence-corrected chi connectivity index (χ3v) is 5.80. The van der Waals surface area contributed by atoms with Crippen LogP contribution in [-0.4, -0.2) is 68.1 Å². The number of rotatable bonds is 6. The van der Waals surface area contributed by atoms with E-state index in [1.807, 2.05) is 18.2 Å². The van der Waals surface area contributed by atoms with Crippen LogP contribution in [0.5, 0.6) is 5.75 Å². The highest BCUT2D eigenvalue weighted by molar-refractivity contribution is 5.76. The van der Waals surface area contributed by atoms with E-state index in [4.69, 9.17) is 4.74 Å². The van der Waals surface area contributed by atoms with Crippen molar-refractivity contribution in [2.75, 3.05) is 40.3 Å². The molecular formula is C21H33N3O2. The number of methoxy groups -OCH3 is 1. The second-order valence-electron chi connectivity index (χ2n) is 7.79. The summed E-state index contributed by atoms with van der Waals surface area (Å²) in [6.07, 6.45) is 6.10. The molecule has 2 heterocycles. The Labute approximate surface area is 157 Å². The lowest BCUT2D eigenvalue weighted by molar-refractivity contribution is -0.122. The van der Waals surface area contributed by atoms with E-state index in [2.05, 4.69) is 28.2 Å². The number of benzene rings is 1. The highest BCUT2D eigenvalue weighted by Crippen LogP contribution is 2.21. The number of amides is 1. The number of likely N-dealkylation sites (tertiary alicyclic amines) is 2. The van der Waals surface area contributed by atoms with Crippen LogP contribution in [0.4, 0.5) is 0 Å². The molecule has 0 aliphatic carbocycles. The van der Waals surface area contributed by atoms with Gasteiger partial charge >= 0.3 is 0 Å². The summed E-state index contributed by atoms with van der Waals surface area (Å²) in [5.41, 5.74) is 1.15. The molecule has 0 spiro atoms. The number of hydrogen-bond acceptors (Lipinski definition) is 4. The molecule has 0 radical (unpaired) electrons. The van der Waals surface area contributed by atoms with Gasteiger partial charge in [0.05, 0.1) is 7.11 Å². The van der Waals surface area contributed by atoms with Crippen molar-refractivity contribution in [3.63, 3.8) is 0 Å². The van der Waals surface area contributed by atoms with Gasteiger partial charge in [0.25, 0.3) is 0 Å². The predicted molar refractivity (Wildman–Crippen MR) is 105 cm³/mol. The van der Waals surface area contributed by atoms with Crippen LogP contribution in [0.1, 0.15) is 37.7 Å². The van der Waals surface area contributed by atoms with Crippen molar-refractivity contribution in [3.05, 3.63) is 29.8 Å². The fourth-order valence-electron chi connectivity index (χ4n) is 4.20. The molecular weight excluding hydrogens is 326 g/mol. The van der Waals surface area contributed by atoms with Gasteiger partial charge in [-0.2, -0.15) is 0 Å². The van der Waals surface area contributed by atoms with E-state index in [9.17, 15) is 4.79 Å². The van der Waals surface area contributed by atoms with E-state index in [1.54, 1.807) is 7.11 Å². The van der Waals surface area contributed by atoms with Crippen LogP contribution in [0.2, 0.25) is 0 Å². The fraction of sp³-hybridized carbons (Fsp3) is 0.667. The highest BCUT2D eigenvalue weighted by Gasteiger charge is 2.28. The number of hydrogen-bond donors (Lipinski definition) is 1. The summed E-state index contributed by atoms with van der Waals surface area (Å²) in [6, 6.07) is 8.98. The summed E-state index contributed by atoms with van der Waals surface area (Å²) in [5.74, 6) is 1.02. The first-order valence-electron chi connectivity index (χ1n) is 9.99. The number of carbonyl (C=O) groups is 1. The molecule has 1 amide bonds. The van der Waals surface area contributed by atoms with E-state index in [0.717, 1.165) is 30.7 Å². The first-order valence-corrected chi connectivity index (χ1v) is 9.99. The Hall–Kier alpha value is -1.59. The third-order valence-electron chi connectivity index (χ3n) is 5.80. The van der Waals surface area contributed by atoms with Crippen LogP contribution in [0, 0.1) is 0 Å². The zero-order valence-electron chi connectivity index (χ0n) is 16.2. The van der Waals surface area contributed by atoms with Gasteiger partial charge < -0.3 is 15.0 Å². The largest absolute Gasteiger partial charge is 0.497 e. The van der Waals surface area contributed by atoms with E-state index in [1.165, 1.54) is 38.9 Å². The average Bonchev–Trinajstić information content (AvgIpc) is 2.67. The van der Waals surface area contributed by atoms with Crippen molar-refractivity contribution in [3.8, 4) is 5.75 Å². The number of ether oxygens (including phenoxy) is 1. The van der Waals surface area contributed by atoms with E-state index in [0.29, 0.717) is 18.5 Å². The second-order valence-corrected chi connectivity index (χ2v) is 7.79. The Morgan fingerprint density at radius 3 is 2.81 bits per heavy atom. The number of piperidine rings is 2. The minimum atomic E-state index is 0.169. The van der Waals surface area contributed by atoms with Crippen molar-refractivity contribution in [2.45, 2.75) is 50.6 Å². The van der Waals surface area contributed by atoms with Crippen molar-refractivity contribution in [1.82, 2.24) is 15.1 Å². The Balaban J connectivity index is 1.43. The second kappa shape index (κ2) is 9.38. The summed E-state index contributed by atoms with van der Waals surface area (Å²) >= 11 is 0. The van der Waals surface area contributed by atoms with Gasteiger partial charge in [-0.25, -0.2) is 0 Å². The van der Waals surface area contributed by atoms with Crippen LogP contribution in [0.25, 0.3) is 0 Å². The van der Waals surface area contributed by atoms with Crippen LogP contribution in [0.3, 0.4) is 0 Å². The molecule has 1 atom stereocenters. The maximum Gasteiger partial charge on any atom is 0.220 e. The number of nitrogens with one attached hydrogen (secondary N) is 1. The number of aryl methyl sites for hydroxylation is 1. The monoisotopic (exact) mass is 359 g/mol. The van der Waals surface area contributed by atoms with Gasteiger partial charge in [0.15, 0.2) is 0 Å². The van der Waals surface area contributed by atoms with Crippen LogP contribution < -0.4 is 10.1 Å². The van der Waals surface area contributed by atoms with Gasteiger partial charge in [-0.3, -0.25) is 9.69 Å². The molecule has 2 aliphatic rings. The van der Waals surface area contributed by atoms with Gasteiger partial charge in [0, 0.05) is 25.0 Å². The standard InChI is InChI=1S/C21H33N3O2/c1-23-13-10-19(11-14-23)24-12-4-6-18(16-24)22-21(25)9-8-17-5-3-7-20(15-17)26-2/h3,5,7,15,18-19H,4,6,8-14,16H2,1-2H3,(H,22,25)/t18-/m1/s1. The molecule has 1 aromatic carbocycles. The maximum absolute atomic E-state index is 12.4. The lowest BCUT2D eigenvalue weighted by Gasteiger charge is -2.41. The summed E-state index contributed by atoms with van der Waals surface area (Å²) in [7, 11) is 3.88. The molecule has 5 heteroatoms. The molecule has 2 aliphatic heterocycles. The lowest BCUT2D eigenvalue weighted by Crippen LogP contribution is -2.53. The molecule has 2 saturated heterocycles. The molecule has 3 rings (SSSR count). The molecule has 0 bridgehead atoms. The normalized spacial score (nSPS) is 22.9. The molecule has 2 fully saturated rings. The summed E-state index contributed by atoms with van der Waals surface area (Å²) in [4.78, 5) is 17.4. The van der Waals surface area contributed by atoms with Crippen LogP contribution in [-0.2, 0) is 11.2 Å². The fourth-order valence-corrected chi connectivity index (χ4v) is 4.20. The summed E-state index contributed by atoms with van der Waals surface area (Å²) in [6.45, 7) is 4.58. The zero-order valence-corrected chi connectivity index (χ0v) is 16.2. The molecule has 0 unspecified atom stereocenters. The predicted octanol–water partition coefficient (Wildman–Crippen LogP) is 2.30. The number of carbonyl (C=O) groups excluding carboxylic acids is 1. The molecule has 144 valence electrons. The molecule has 5 nitrogen and oxygen atoms in total. The lowest BCUT2D eigenvalue weighted by atomic mass is 9.98. The molecule has 1 aromatic rings. The highest BCUT2D eigenvalue weighted by atomic mass is 16.5. The van der Waals surface area contributed by atoms with Crippen LogP contribution >= 0.6 is 0 Å². The van der Waals surface area contributed by atoms with Crippen molar-refractivity contribution in [2.24, 2.45) is 0 Å². The third kappa shape index (κ3) is 5.45. The van der Waals surface area contributed by atoms with Crippen molar-refractivity contribution >= 4 is 5.91 Å². The van der Waals surface area contributed by atoms with Crippen molar-refractivity contribution < 1.29 is 9.53 Å². The molecule has 0 saturated carbocycles. The van der Waals surface area contributed by atoms with Gasteiger partial charge in [-0.05, 0) is 76.5 Å². The van der Waals surface area contributed by atoms with Crippen molar-refractivity contribution in [1.29, 1.82) is 0 Å². The summed E-state index contributed by atoms with van der Waals surface area (Å²) in [5, 5.41) is 3.27. The first-order chi connectivity index (χ1) is 12.6. The van der Waals surface area contributed by atoms with Gasteiger partial charge in [-0.1, -0.05) is 12.1 Å². The van der Waals surface area contributed by atoms with Crippen LogP contribution in [0.15, 0.2) is 24.3 Å². The molecule has 1 N–H and O–H groups in total. The summed E-state index contributed by atoms with van der Waals surface area (Å²) < 4.78 is 5.25. The SMILES string of the molecule is COc1cccc(CCC(=O)N[C@@H]2CCCN(C3CCN(C)CC3)C2)c1. The van der Waals surface area contributed by atoms with Gasteiger partial charge in [0.1, 0.15) is 5.75 Å². The first kappa shape index (κ1) is 19.2. The topological polar surface area (TPSA) is 44.8 Å². The Morgan fingerprint density at radius 1 is 1.23 bits per heavy atom. The number of nitrogens with zero attached hydrogens (tertiary/aromatic N) is 2. The smallest absolute Gasteiger partial charge is 0.220 e. The molecule has 0 aromatic heterocycles. The maximum atomic E-state index is 12.4. The molecule has 26 heavy (non-hydrogen) atoms. The minimum Gasteiger partial charge on any atom is -0.497 e. The van der Waals surface area contributed by atoms with Gasteiger partial charge in [-0.15, -0.1) is 0 Å².